The summed E-state index contributed by atoms with van der Waals surface area (Å²) in [7, 11) is 0. The second kappa shape index (κ2) is 4.26. The highest BCUT2D eigenvalue weighted by molar-refractivity contribution is 5.61. The molecule has 0 atom stereocenters. The lowest BCUT2D eigenvalue weighted by atomic mass is 10.1. The highest BCUT2D eigenvalue weighted by Crippen LogP contribution is 2.18. The summed E-state index contributed by atoms with van der Waals surface area (Å²) in [4.78, 5) is 22.6. The average molecular weight is 215 g/mol. The molecule has 0 bridgehead atoms. The lowest BCUT2D eigenvalue weighted by Gasteiger charge is -2.05. The number of hydrogen-bond donors (Lipinski definition) is 1. The van der Waals surface area contributed by atoms with Gasteiger partial charge in [-0.3, -0.25) is 9.78 Å². The molecule has 2 aromatic heterocycles. The Morgan fingerprint density at radius 2 is 2.25 bits per heavy atom. The van der Waals surface area contributed by atoms with E-state index in [-0.39, 0.29) is 5.56 Å². The number of aryl methyl sites for hydroxylation is 2. The third kappa shape index (κ3) is 2.00. The first-order chi connectivity index (χ1) is 7.70. The van der Waals surface area contributed by atoms with Crippen LogP contribution in [0.15, 0.2) is 29.3 Å². The van der Waals surface area contributed by atoms with Crippen LogP contribution < -0.4 is 5.56 Å². The smallest absolute Gasteiger partial charge is 0.251 e. The van der Waals surface area contributed by atoms with Gasteiger partial charge >= 0.3 is 0 Å². The number of hydrogen-bond acceptors (Lipinski definition) is 3. The van der Waals surface area contributed by atoms with E-state index in [1.54, 1.807) is 12.4 Å². The van der Waals surface area contributed by atoms with Gasteiger partial charge in [0.2, 0.25) is 0 Å². The Balaban J connectivity index is 2.60. The zero-order chi connectivity index (χ0) is 11.5. The highest BCUT2D eigenvalue weighted by Gasteiger charge is 2.05. The summed E-state index contributed by atoms with van der Waals surface area (Å²) in [6, 6.07) is 3.39. The highest BCUT2D eigenvalue weighted by atomic mass is 16.1. The monoisotopic (exact) mass is 215 g/mol. The van der Waals surface area contributed by atoms with E-state index in [1.165, 1.54) is 6.07 Å². The topological polar surface area (TPSA) is 58.6 Å². The zero-order valence-corrected chi connectivity index (χ0v) is 9.32. The largest absolute Gasteiger partial charge is 0.311 e. The summed E-state index contributed by atoms with van der Waals surface area (Å²) >= 11 is 0. The van der Waals surface area contributed by atoms with Crippen molar-refractivity contribution in [3.05, 3.63) is 46.3 Å². The number of nitrogens with one attached hydrogen (secondary N) is 1. The quantitative estimate of drug-likeness (QED) is 0.829. The van der Waals surface area contributed by atoms with Gasteiger partial charge in [0, 0.05) is 30.4 Å². The average Bonchev–Trinajstić information content (AvgIpc) is 2.28. The molecule has 0 aliphatic carbocycles. The third-order valence-corrected chi connectivity index (χ3v) is 2.42. The fourth-order valence-electron chi connectivity index (χ4n) is 1.57. The van der Waals surface area contributed by atoms with Crippen molar-refractivity contribution < 1.29 is 0 Å². The summed E-state index contributed by atoms with van der Waals surface area (Å²) in [5, 5.41) is 0. The Kier molecular flexibility index (Phi) is 2.81. The molecule has 0 aliphatic heterocycles. The number of aromatic nitrogens is 3. The Hall–Kier alpha value is -1.97. The van der Waals surface area contributed by atoms with E-state index < -0.39 is 0 Å². The van der Waals surface area contributed by atoms with Crippen LogP contribution >= 0.6 is 0 Å². The van der Waals surface area contributed by atoms with Gasteiger partial charge in [-0.1, -0.05) is 6.92 Å². The molecule has 0 aromatic carbocycles. The molecule has 1 N–H and O–H groups in total. The second-order valence-electron chi connectivity index (χ2n) is 3.62. The lowest BCUT2D eigenvalue weighted by Crippen LogP contribution is -2.10. The maximum atomic E-state index is 11.4. The van der Waals surface area contributed by atoms with E-state index in [0.717, 1.165) is 11.1 Å². The van der Waals surface area contributed by atoms with Crippen LogP contribution in [0.3, 0.4) is 0 Å². The van der Waals surface area contributed by atoms with Gasteiger partial charge in [0.05, 0.1) is 5.69 Å². The minimum Gasteiger partial charge on any atom is -0.311 e. The van der Waals surface area contributed by atoms with Gasteiger partial charge in [0.1, 0.15) is 5.82 Å². The molecule has 4 heteroatoms. The number of H-pyrrole nitrogens is 1. The molecule has 16 heavy (non-hydrogen) atoms. The molecule has 0 spiro atoms. The molecule has 0 saturated heterocycles. The lowest BCUT2D eigenvalue weighted by molar-refractivity contribution is 0.923. The van der Waals surface area contributed by atoms with Crippen LogP contribution in [0.2, 0.25) is 0 Å². The molecule has 0 aliphatic rings. The predicted molar refractivity (Wildman–Crippen MR) is 62.2 cm³/mol. The van der Waals surface area contributed by atoms with Gasteiger partial charge in [0.25, 0.3) is 5.56 Å². The molecule has 82 valence electrons. The summed E-state index contributed by atoms with van der Waals surface area (Å²) < 4.78 is 0. The number of nitrogens with zero attached hydrogens (tertiary/aromatic N) is 2. The molecule has 2 aromatic rings. The maximum absolute atomic E-state index is 11.4. The van der Waals surface area contributed by atoms with Crippen LogP contribution in [0.4, 0.5) is 0 Å². The van der Waals surface area contributed by atoms with E-state index >= 15 is 0 Å². The Morgan fingerprint density at radius 3 is 2.94 bits per heavy atom. The molecule has 0 radical (unpaired) electrons. The number of pyridine rings is 1. The van der Waals surface area contributed by atoms with E-state index in [1.807, 2.05) is 19.9 Å². The van der Waals surface area contributed by atoms with Crippen LogP contribution in [0.5, 0.6) is 0 Å². The molecule has 0 unspecified atom stereocenters. The van der Waals surface area contributed by atoms with Gasteiger partial charge in [0.15, 0.2) is 0 Å². The van der Waals surface area contributed by atoms with Gasteiger partial charge in [-0.15, -0.1) is 0 Å². The SMILES string of the molecule is CCc1nc(-c2ccncc2C)cc(=O)[nH]1. The maximum Gasteiger partial charge on any atom is 0.251 e. The van der Waals surface area contributed by atoms with Crippen molar-refractivity contribution in [1.29, 1.82) is 0 Å². The van der Waals surface area contributed by atoms with Crippen LogP contribution in [0.25, 0.3) is 11.3 Å². The molecular weight excluding hydrogens is 202 g/mol. The molecule has 0 fully saturated rings. The number of aromatic amines is 1. The summed E-state index contributed by atoms with van der Waals surface area (Å²) in [6.45, 7) is 3.91. The van der Waals surface area contributed by atoms with E-state index in [0.29, 0.717) is 17.9 Å². The second-order valence-corrected chi connectivity index (χ2v) is 3.62. The standard InChI is InChI=1S/C12H13N3O/c1-3-11-14-10(6-12(16)15-11)9-4-5-13-7-8(9)2/h4-7H,3H2,1-2H3,(H,14,15,16). The first-order valence-corrected chi connectivity index (χ1v) is 5.22. The van der Waals surface area contributed by atoms with Crippen LogP contribution in [0, 0.1) is 6.92 Å². The Morgan fingerprint density at radius 1 is 1.44 bits per heavy atom. The molecule has 0 amide bonds. The van der Waals surface area contributed by atoms with E-state index in [2.05, 4.69) is 15.0 Å². The van der Waals surface area contributed by atoms with Crippen molar-refractivity contribution in [1.82, 2.24) is 15.0 Å². The first kappa shape index (κ1) is 10.5. The van der Waals surface area contributed by atoms with Crippen LogP contribution in [0.1, 0.15) is 18.3 Å². The van der Waals surface area contributed by atoms with Gasteiger partial charge in [-0.2, -0.15) is 0 Å². The van der Waals surface area contributed by atoms with Crippen molar-refractivity contribution in [2.45, 2.75) is 20.3 Å². The fraction of sp³-hybridized carbons (Fsp3) is 0.250. The van der Waals surface area contributed by atoms with Crippen molar-refractivity contribution in [2.75, 3.05) is 0 Å². The third-order valence-electron chi connectivity index (χ3n) is 2.42. The molecule has 2 heterocycles. The van der Waals surface area contributed by atoms with Gasteiger partial charge in [-0.05, 0) is 18.6 Å². The van der Waals surface area contributed by atoms with Crippen molar-refractivity contribution in [2.24, 2.45) is 0 Å². The Labute approximate surface area is 93.4 Å². The summed E-state index contributed by atoms with van der Waals surface area (Å²) in [5.74, 6) is 0.707. The molecule has 2 rings (SSSR count). The first-order valence-electron chi connectivity index (χ1n) is 5.22. The van der Waals surface area contributed by atoms with E-state index in [9.17, 15) is 4.79 Å². The predicted octanol–water partition coefficient (Wildman–Crippen LogP) is 1.70. The van der Waals surface area contributed by atoms with Gasteiger partial charge < -0.3 is 4.98 Å². The Bertz CT molecular complexity index is 560. The van der Waals surface area contributed by atoms with Crippen molar-refractivity contribution in [3.8, 4) is 11.3 Å². The minimum absolute atomic E-state index is 0.113. The van der Waals surface area contributed by atoms with Crippen LogP contribution in [-0.2, 0) is 6.42 Å². The van der Waals surface area contributed by atoms with Gasteiger partial charge in [-0.25, -0.2) is 4.98 Å². The molecule has 4 nitrogen and oxygen atoms in total. The molecular formula is C12H13N3O. The minimum atomic E-state index is -0.113. The van der Waals surface area contributed by atoms with Crippen molar-refractivity contribution in [3.63, 3.8) is 0 Å². The summed E-state index contributed by atoms with van der Waals surface area (Å²) in [6.07, 6.45) is 4.19. The fourth-order valence-corrected chi connectivity index (χ4v) is 1.57. The zero-order valence-electron chi connectivity index (χ0n) is 9.32. The number of rotatable bonds is 2. The normalized spacial score (nSPS) is 10.4. The van der Waals surface area contributed by atoms with E-state index in [4.69, 9.17) is 0 Å². The van der Waals surface area contributed by atoms with Crippen molar-refractivity contribution >= 4 is 0 Å². The molecule has 0 saturated carbocycles. The van der Waals surface area contributed by atoms with Crippen LogP contribution in [-0.4, -0.2) is 15.0 Å². The summed E-state index contributed by atoms with van der Waals surface area (Å²) in [5.41, 5.74) is 2.57.